The lowest BCUT2D eigenvalue weighted by Gasteiger charge is -2.42. The SMILES string of the molecule is COC(=O)C1=C[C@H](c2cccc(C)c2)[C@@](C(=O)OC)(c2ccccc2)N1c1ccccc1. The topological polar surface area (TPSA) is 55.8 Å². The minimum Gasteiger partial charge on any atom is -0.467 e. The molecule has 0 N–H and O–H groups in total. The van der Waals surface area contributed by atoms with Crippen molar-refractivity contribution in [3.63, 3.8) is 0 Å². The van der Waals surface area contributed by atoms with Gasteiger partial charge in [0.2, 0.25) is 0 Å². The maximum atomic E-state index is 13.8. The Labute approximate surface area is 187 Å². The van der Waals surface area contributed by atoms with Crippen LogP contribution in [0.3, 0.4) is 0 Å². The zero-order valence-electron chi connectivity index (χ0n) is 18.3. The summed E-state index contributed by atoms with van der Waals surface area (Å²) in [5.41, 5.74) is 2.32. The van der Waals surface area contributed by atoms with Gasteiger partial charge in [0.15, 0.2) is 5.54 Å². The lowest BCUT2D eigenvalue weighted by molar-refractivity contribution is -0.147. The molecule has 0 spiro atoms. The molecule has 0 saturated heterocycles. The van der Waals surface area contributed by atoms with Gasteiger partial charge in [-0.15, -0.1) is 0 Å². The van der Waals surface area contributed by atoms with Crippen molar-refractivity contribution < 1.29 is 19.1 Å². The highest BCUT2D eigenvalue weighted by atomic mass is 16.5. The molecule has 0 amide bonds. The first-order chi connectivity index (χ1) is 15.5. The number of para-hydroxylation sites is 1. The second-order valence-electron chi connectivity index (χ2n) is 7.73. The number of carbonyl (C=O) groups excluding carboxylic acids is 2. The van der Waals surface area contributed by atoms with Crippen LogP contribution in [0.2, 0.25) is 0 Å². The maximum absolute atomic E-state index is 13.8. The van der Waals surface area contributed by atoms with Crippen LogP contribution >= 0.6 is 0 Å². The van der Waals surface area contributed by atoms with Crippen LogP contribution in [0.4, 0.5) is 5.69 Å². The van der Waals surface area contributed by atoms with Gasteiger partial charge in [-0.3, -0.25) is 0 Å². The molecule has 0 aromatic heterocycles. The zero-order chi connectivity index (χ0) is 22.7. The first kappa shape index (κ1) is 21.4. The average Bonchev–Trinajstić information content (AvgIpc) is 3.21. The van der Waals surface area contributed by atoms with Gasteiger partial charge >= 0.3 is 11.9 Å². The lowest BCUT2D eigenvalue weighted by atomic mass is 9.74. The van der Waals surface area contributed by atoms with Gasteiger partial charge in [0.05, 0.1) is 14.2 Å². The summed E-state index contributed by atoms with van der Waals surface area (Å²) in [7, 11) is 2.72. The quantitative estimate of drug-likeness (QED) is 0.552. The summed E-state index contributed by atoms with van der Waals surface area (Å²) in [5.74, 6) is -1.48. The molecule has 162 valence electrons. The average molecular weight is 428 g/mol. The van der Waals surface area contributed by atoms with E-state index in [2.05, 4.69) is 0 Å². The summed E-state index contributed by atoms with van der Waals surface area (Å²) < 4.78 is 10.6. The van der Waals surface area contributed by atoms with E-state index in [4.69, 9.17) is 9.47 Å². The van der Waals surface area contributed by atoms with Gasteiger partial charge in [-0.1, -0.05) is 78.4 Å². The van der Waals surface area contributed by atoms with Crippen molar-refractivity contribution in [2.75, 3.05) is 19.1 Å². The van der Waals surface area contributed by atoms with Crippen molar-refractivity contribution in [3.8, 4) is 0 Å². The van der Waals surface area contributed by atoms with Crippen LogP contribution in [-0.2, 0) is 24.6 Å². The highest BCUT2D eigenvalue weighted by Crippen LogP contribution is 2.53. The molecule has 5 heteroatoms. The van der Waals surface area contributed by atoms with Crippen LogP contribution in [0.1, 0.15) is 22.6 Å². The fourth-order valence-corrected chi connectivity index (χ4v) is 4.56. The van der Waals surface area contributed by atoms with Crippen LogP contribution in [-0.4, -0.2) is 26.2 Å². The summed E-state index contributed by atoms with van der Waals surface area (Å²) in [6.45, 7) is 2.00. The van der Waals surface area contributed by atoms with Gasteiger partial charge in [0.25, 0.3) is 0 Å². The molecule has 5 nitrogen and oxygen atoms in total. The number of carbonyl (C=O) groups is 2. The molecule has 0 radical (unpaired) electrons. The number of esters is 2. The Balaban J connectivity index is 2.10. The smallest absolute Gasteiger partial charge is 0.354 e. The van der Waals surface area contributed by atoms with E-state index >= 15 is 0 Å². The summed E-state index contributed by atoms with van der Waals surface area (Å²) in [5, 5.41) is 0. The molecule has 0 saturated carbocycles. The fraction of sp³-hybridized carbons (Fsp3) is 0.185. The van der Waals surface area contributed by atoms with E-state index in [0.29, 0.717) is 11.4 Å². The maximum Gasteiger partial charge on any atom is 0.354 e. The molecule has 3 aromatic rings. The molecular weight excluding hydrogens is 402 g/mol. The van der Waals surface area contributed by atoms with Gasteiger partial charge in [-0.25, -0.2) is 9.59 Å². The lowest BCUT2D eigenvalue weighted by Crippen LogP contribution is -2.53. The number of aryl methyl sites for hydroxylation is 1. The molecule has 2 atom stereocenters. The van der Waals surface area contributed by atoms with Crippen molar-refractivity contribution in [2.24, 2.45) is 0 Å². The molecule has 3 aromatic carbocycles. The first-order valence-corrected chi connectivity index (χ1v) is 10.4. The Morgan fingerprint density at radius 1 is 0.844 bits per heavy atom. The van der Waals surface area contributed by atoms with Crippen LogP contribution in [0.15, 0.2) is 96.7 Å². The molecular formula is C27H25NO4. The normalized spacial score (nSPS) is 19.9. The van der Waals surface area contributed by atoms with Crippen molar-refractivity contribution >= 4 is 17.6 Å². The summed E-state index contributed by atoms with van der Waals surface area (Å²) in [4.78, 5) is 28.5. The number of nitrogens with zero attached hydrogens (tertiary/aromatic N) is 1. The number of benzene rings is 3. The predicted molar refractivity (Wildman–Crippen MR) is 123 cm³/mol. The van der Waals surface area contributed by atoms with Gasteiger partial charge in [0, 0.05) is 11.6 Å². The van der Waals surface area contributed by atoms with E-state index in [1.54, 1.807) is 4.90 Å². The second kappa shape index (κ2) is 8.71. The molecule has 0 bridgehead atoms. The number of ether oxygens (including phenoxy) is 2. The van der Waals surface area contributed by atoms with Gasteiger partial charge < -0.3 is 14.4 Å². The largest absolute Gasteiger partial charge is 0.467 e. The van der Waals surface area contributed by atoms with E-state index in [0.717, 1.165) is 16.7 Å². The Kier molecular flexibility index (Phi) is 5.82. The van der Waals surface area contributed by atoms with Crippen LogP contribution in [0, 0.1) is 6.92 Å². The van der Waals surface area contributed by atoms with E-state index in [9.17, 15) is 9.59 Å². The van der Waals surface area contributed by atoms with E-state index in [1.165, 1.54) is 14.2 Å². The third-order valence-electron chi connectivity index (χ3n) is 5.89. The second-order valence-corrected chi connectivity index (χ2v) is 7.73. The van der Waals surface area contributed by atoms with Crippen LogP contribution < -0.4 is 4.90 Å². The summed E-state index contributed by atoms with van der Waals surface area (Å²) in [6.07, 6.45) is 1.82. The molecule has 4 rings (SSSR count). The number of hydrogen-bond acceptors (Lipinski definition) is 5. The highest BCUT2D eigenvalue weighted by molar-refractivity contribution is 6.01. The number of rotatable bonds is 5. The Bertz CT molecular complexity index is 1160. The van der Waals surface area contributed by atoms with Crippen molar-refractivity contribution in [2.45, 2.75) is 18.4 Å². The third-order valence-corrected chi connectivity index (χ3v) is 5.89. The number of methoxy groups -OCH3 is 2. The minimum absolute atomic E-state index is 0.291. The van der Waals surface area contributed by atoms with Gasteiger partial charge in [0.1, 0.15) is 5.70 Å². The van der Waals surface area contributed by atoms with E-state index < -0.39 is 23.4 Å². The van der Waals surface area contributed by atoms with Crippen LogP contribution in [0.5, 0.6) is 0 Å². The summed E-state index contributed by atoms with van der Waals surface area (Å²) >= 11 is 0. The third kappa shape index (κ3) is 3.36. The number of hydrogen-bond donors (Lipinski definition) is 0. The minimum atomic E-state index is -1.34. The molecule has 1 heterocycles. The highest BCUT2D eigenvalue weighted by Gasteiger charge is 2.59. The van der Waals surface area contributed by atoms with Crippen molar-refractivity contribution in [3.05, 3.63) is 113 Å². The van der Waals surface area contributed by atoms with Gasteiger partial charge in [-0.2, -0.15) is 0 Å². The zero-order valence-corrected chi connectivity index (χ0v) is 18.3. The van der Waals surface area contributed by atoms with Gasteiger partial charge in [-0.05, 0) is 36.3 Å². The van der Waals surface area contributed by atoms with Crippen LogP contribution in [0.25, 0.3) is 0 Å². The van der Waals surface area contributed by atoms with E-state index in [-0.39, 0.29) is 0 Å². The molecule has 1 aliphatic rings. The Hall–Kier alpha value is -3.86. The Morgan fingerprint density at radius 2 is 1.50 bits per heavy atom. The monoisotopic (exact) mass is 427 g/mol. The molecule has 0 unspecified atom stereocenters. The molecule has 0 fully saturated rings. The summed E-state index contributed by atoms with van der Waals surface area (Å²) in [6, 6.07) is 26.8. The predicted octanol–water partition coefficient (Wildman–Crippen LogP) is 4.72. The first-order valence-electron chi connectivity index (χ1n) is 10.4. The fourth-order valence-electron chi connectivity index (χ4n) is 4.56. The molecule has 1 aliphatic heterocycles. The molecule has 0 aliphatic carbocycles. The molecule has 32 heavy (non-hydrogen) atoms. The van der Waals surface area contributed by atoms with Crippen molar-refractivity contribution in [1.29, 1.82) is 0 Å². The number of anilines is 1. The Morgan fingerprint density at radius 3 is 2.09 bits per heavy atom. The van der Waals surface area contributed by atoms with E-state index in [1.807, 2.05) is 97.9 Å². The standard InChI is InChI=1S/C27H25NO4/c1-19-11-10-12-20(17-19)23-18-24(25(29)31-2)28(22-15-8-5-9-16-22)27(23,26(30)32-3)21-13-6-4-7-14-21/h4-18,23H,1-3H3/t23-,27-/m1/s1. The van der Waals surface area contributed by atoms with Crippen molar-refractivity contribution in [1.82, 2.24) is 0 Å².